The van der Waals surface area contributed by atoms with Crippen LogP contribution in [0.5, 0.6) is 5.75 Å². The molecular weight excluding hydrogens is 398 g/mol. The summed E-state index contributed by atoms with van der Waals surface area (Å²) >= 11 is 14.1. The quantitative estimate of drug-likeness (QED) is 0.745. The summed E-state index contributed by atoms with van der Waals surface area (Å²) in [6.45, 7) is 0.407. The molecule has 0 atom stereocenters. The molecule has 0 aliphatic carbocycles. The molecule has 0 saturated heterocycles. The zero-order valence-corrected chi connectivity index (χ0v) is 13.5. The fourth-order valence-electron chi connectivity index (χ4n) is 1.55. The summed E-state index contributed by atoms with van der Waals surface area (Å²) in [5.41, 5.74) is 1.74. The van der Waals surface area contributed by atoms with E-state index in [0.717, 1.165) is 20.4 Å². The Morgan fingerprint density at radius 3 is 2.53 bits per heavy atom. The van der Waals surface area contributed by atoms with Gasteiger partial charge in [0, 0.05) is 15.6 Å². The van der Waals surface area contributed by atoms with Gasteiger partial charge in [-0.15, -0.1) is 0 Å². The molecule has 2 rings (SSSR count). The zero-order valence-electron chi connectivity index (χ0n) is 9.87. The molecule has 2 nitrogen and oxygen atoms in total. The first kappa shape index (κ1) is 14.9. The van der Waals surface area contributed by atoms with Crippen molar-refractivity contribution in [2.75, 3.05) is 0 Å². The normalized spacial score (nSPS) is 10.5. The lowest BCUT2D eigenvalue weighted by Crippen LogP contribution is -1.98. The van der Waals surface area contributed by atoms with Gasteiger partial charge in [-0.2, -0.15) is 0 Å². The number of halogens is 3. The van der Waals surface area contributed by atoms with E-state index in [0.29, 0.717) is 16.7 Å². The molecule has 100 valence electrons. The Kier molecular flexibility index (Phi) is 5.33. The number of aliphatic hydroxyl groups excluding tert-OH is 1. The third-order valence-electron chi connectivity index (χ3n) is 2.58. The van der Waals surface area contributed by atoms with Crippen LogP contribution in [0.4, 0.5) is 0 Å². The predicted molar refractivity (Wildman–Crippen MR) is 85.9 cm³/mol. The van der Waals surface area contributed by atoms with Gasteiger partial charge >= 0.3 is 0 Å². The third kappa shape index (κ3) is 3.99. The zero-order chi connectivity index (χ0) is 13.8. The number of ether oxygens (including phenoxy) is 1. The Morgan fingerprint density at radius 1 is 1.11 bits per heavy atom. The molecule has 0 heterocycles. The maximum absolute atomic E-state index is 9.05. The Hall–Kier alpha value is -0.490. The Morgan fingerprint density at radius 2 is 1.89 bits per heavy atom. The molecule has 5 heteroatoms. The van der Waals surface area contributed by atoms with Gasteiger partial charge in [0.2, 0.25) is 0 Å². The van der Waals surface area contributed by atoms with Crippen molar-refractivity contribution in [2.24, 2.45) is 0 Å². The molecule has 2 aromatic rings. The largest absolute Gasteiger partial charge is 0.488 e. The summed E-state index contributed by atoms with van der Waals surface area (Å²) in [5.74, 6) is 0.767. The van der Waals surface area contributed by atoms with Crippen LogP contribution in [0.1, 0.15) is 11.1 Å². The van der Waals surface area contributed by atoms with Crippen LogP contribution in [-0.4, -0.2) is 5.11 Å². The number of benzene rings is 2. The Bertz CT molecular complexity index is 588. The first-order valence-corrected chi connectivity index (χ1v) is 7.39. The fraction of sp³-hybridized carbons (Fsp3) is 0.143. The van der Waals surface area contributed by atoms with Crippen molar-refractivity contribution in [2.45, 2.75) is 13.2 Å². The van der Waals surface area contributed by atoms with Crippen LogP contribution in [0.3, 0.4) is 0 Å². The molecule has 0 aliphatic heterocycles. The first-order valence-electron chi connectivity index (χ1n) is 5.56. The van der Waals surface area contributed by atoms with E-state index in [2.05, 4.69) is 22.6 Å². The number of hydrogen-bond donors (Lipinski definition) is 1. The van der Waals surface area contributed by atoms with E-state index < -0.39 is 0 Å². The molecule has 0 unspecified atom stereocenters. The molecule has 0 aliphatic rings. The van der Waals surface area contributed by atoms with Crippen LogP contribution in [0.15, 0.2) is 36.4 Å². The average molecular weight is 409 g/mol. The van der Waals surface area contributed by atoms with Gasteiger partial charge in [-0.3, -0.25) is 0 Å². The molecule has 0 fully saturated rings. The molecular formula is C14H11Cl2IO2. The number of hydrogen-bond acceptors (Lipinski definition) is 2. The van der Waals surface area contributed by atoms with Gasteiger partial charge in [-0.05, 0) is 52.4 Å². The summed E-state index contributed by atoms with van der Waals surface area (Å²) in [6.07, 6.45) is 0. The fourth-order valence-corrected chi connectivity index (χ4v) is 2.75. The van der Waals surface area contributed by atoms with Gasteiger partial charge in [0.15, 0.2) is 0 Å². The highest BCUT2D eigenvalue weighted by Gasteiger charge is 2.05. The Balaban J connectivity index is 2.10. The van der Waals surface area contributed by atoms with E-state index in [4.69, 9.17) is 33.0 Å². The van der Waals surface area contributed by atoms with Crippen molar-refractivity contribution < 1.29 is 9.84 Å². The van der Waals surface area contributed by atoms with E-state index in [1.807, 2.05) is 24.3 Å². The SMILES string of the molecule is OCc1ccc(OCc2ccc(Cl)cc2Cl)c(I)c1. The summed E-state index contributed by atoms with van der Waals surface area (Å²) in [5, 5.41) is 10.2. The van der Waals surface area contributed by atoms with Gasteiger partial charge in [0.25, 0.3) is 0 Å². The standard InChI is InChI=1S/C14H11Cl2IO2/c15-11-3-2-10(12(16)6-11)8-19-14-4-1-9(7-18)5-13(14)17/h1-6,18H,7-8H2. The number of rotatable bonds is 4. The highest BCUT2D eigenvalue weighted by atomic mass is 127. The van der Waals surface area contributed by atoms with E-state index in [1.54, 1.807) is 12.1 Å². The van der Waals surface area contributed by atoms with Crippen molar-refractivity contribution in [1.29, 1.82) is 0 Å². The lowest BCUT2D eigenvalue weighted by Gasteiger charge is -2.10. The molecule has 0 saturated carbocycles. The molecule has 2 aromatic carbocycles. The van der Waals surface area contributed by atoms with Crippen LogP contribution in [0.25, 0.3) is 0 Å². The lowest BCUT2D eigenvalue weighted by molar-refractivity contribution is 0.280. The Labute approximate surface area is 135 Å². The average Bonchev–Trinajstić information content (AvgIpc) is 2.39. The minimum absolute atomic E-state index is 0.0271. The van der Waals surface area contributed by atoms with Gasteiger partial charge < -0.3 is 9.84 Å². The molecule has 0 spiro atoms. The van der Waals surface area contributed by atoms with E-state index >= 15 is 0 Å². The number of aliphatic hydroxyl groups is 1. The van der Waals surface area contributed by atoms with Gasteiger partial charge in [0.1, 0.15) is 12.4 Å². The van der Waals surface area contributed by atoms with Crippen molar-refractivity contribution in [3.8, 4) is 5.75 Å². The monoisotopic (exact) mass is 408 g/mol. The minimum Gasteiger partial charge on any atom is -0.488 e. The van der Waals surface area contributed by atoms with Crippen LogP contribution >= 0.6 is 45.8 Å². The second-order valence-electron chi connectivity index (χ2n) is 3.95. The van der Waals surface area contributed by atoms with E-state index in [9.17, 15) is 0 Å². The summed E-state index contributed by atoms with van der Waals surface area (Å²) in [7, 11) is 0. The maximum Gasteiger partial charge on any atom is 0.133 e. The maximum atomic E-state index is 9.05. The van der Waals surface area contributed by atoms with Gasteiger partial charge in [0.05, 0.1) is 10.2 Å². The van der Waals surface area contributed by atoms with E-state index in [1.165, 1.54) is 0 Å². The van der Waals surface area contributed by atoms with E-state index in [-0.39, 0.29) is 6.61 Å². The van der Waals surface area contributed by atoms with Crippen LogP contribution in [-0.2, 0) is 13.2 Å². The van der Waals surface area contributed by atoms with Gasteiger partial charge in [-0.25, -0.2) is 0 Å². The van der Waals surface area contributed by atoms with Crippen LogP contribution < -0.4 is 4.74 Å². The molecule has 0 bridgehead atoms. The van der Waals surface area contributed by atoms with Crippen LogP contribution in [0, 0.1) is 3.57 Å². The second-order valence-corrected chi connectivity index (χ2v) is 5.95. The summed E-state index contributed by atoms with van der Waals surface area (Å²) in [4.78, 5) is 0. The molecule has 0 amide bonds. The van der Waals surface area contributed by atoms with Gasteiger partial charge in [-0.1, -0.05) is 35.3 Å². The molecule has 1 N–H and O–H groups in total. The lowest BCUT2D eigenvalue weighted by atomic mass is 10.2. The summed E-state index contributed by atoms with van der Waals surface area (Å²) < 4.78 is 6.68. The summed E-state index contributed by atoms with van der Waals surface area (Å²) in [6, 6.07) is 10.9. The third-order valence-corrected chi connectivity index (χ3v) is 4.01. The first-order chi connectivity index (χ1) is 9.10. The second kappa shape index (κ2) is 6.79. The highest BCUT2D eigenvalue weighted by molar-refractivity contribution is 14.1. The molecule has 19 heavy (non-hydrogen) atoms. The van der Waals surface area contributed by atoms with Crippen molar-refractivity contribution in [3.05, 3.63) is 61.1 Å². The van der Waals surface area contributed by atoms with Crippen molar-refractivity contribution >= 4 is 45.8 Å². The minimum atomic E-state index is 0.0271. The highest BCUT2D eigenvalue weighted by Crippen LogP contribution is 2.26. The predicted octanol–water partition coefficient (Wildman–Crippen LogP) is 4.67. The van der Waals surface area contributed by atoms with Crippen molar-refractivity contribution in [1.82, 2.24) is 0 Å². The van der Waals surface area contributed by atoms with Crippen LogP contribution in [0.2, 0.25) is 10.0 Å². The molecule has 0 aromatic heterocycles. The van der Waals surface area contributed by atoms with Crippen molar-refractivity contribution in [3.63, 3.8) is 0 Å². The topological polar surface area (TPSA) is 29.5 Å². The smallest absolute Gasteiger partial charge is 0.133 e. The molecule has 0 radical (unpaired) electrons.